The van der Waals surface area contributed by atoms with E-state index in [0.29, 0.717) is 12.0 Å². The van der Waals surface area contributed by atoms with Gasteiger partial charge < -0.3 is 11.1 Å². The number of halogens is 1. The molecule has 1 aliphatic rings. The van der Waals surface area contributed by atoms with Crippen LogP contribution in [0.1, 0.15) is 42.0 Å². The van der Waals surface area contributed by atoms with Gasteiger partial charge in [-0.05, 0) is 69.8 Å². The molecule has 1 heterocycles. The molecular weight excluding hydrogens is 411 g/mol. The number of aliphatic imine (C=N–C) groups is 1. The molecule has 0 amide bonds. The number of nitrogens with zero attached hydrogens (tertiary/aromatic N) is 2. The number of nitrogens with one attached hydrogen (secondary N) is 1. The predicted octanol–water partition coefficient (Wildman–Crippen LogP) is 3.16. The normalized spacial score (nSPS) is 18.5. The van der Waals surface area contributed by atoms with Gasteiger partial charge in [-0.2, -0.15) is 0 Å². The third kappa shape index (κ3) is 5.92. The molecule has 0 bridgehead atoms. The summed E-state index contributed by atoms with van der Waals surface area (Å²) in [7, 11) is 0. The van der Waals surface area contributed by atoms with Crippen LogP contribution in [0.15, 0.2) is 17.1 Å². The van der Waals surface area contributed by atoms with Crippen LogP contribution in [0.25, 0.3) is 0 Å². The molecule has 0 aromatic heterocycles. The second-order valence-corrected chi connectivity index (χ2v) is 6.70. The van der Waals surface area contributed by atoms with Crippen molar-refractivity contribution in [2.45, 2.75) is 53.0 Å². The van der Waals surface area contributed by atoms with Crippen LogP contribution in [-0.4, -0.2) is 43.1 Å². The second-order valence-electron chi connectivity index (χ2n) is 6.70. The van der Waals surface area contributed by atoms with Gasteiger partial charge in [0.25, 0.3) is 0 Å². The van der Waals surface area contributed by atoms with E-state index in [-0.39, 0.29) is 24.0 Å². The zero-order valence-electron chi connectivity index (χ0n) is 15.6. The van der Waals surface area contributed by atoms with Crippen molar-refractivity contribution in [2.75, 3.05) is 26.2 Å². The van der Waals surface area contributed by atoms with Crippen LogP contribution in [0, 0.1) is 20.8 Å². The van der Waals surface area contributed by atoms with Gasteiger partial charge >= 0.3 is 0 Å². The average Bonchev–Trinajstić information content (AvgIpc) is 2.95. The van der Waals surface area contributed by atoms with Gasteiger partial charge in [-0.1, -0.05) is 24.6 Å². The smallest absolute Gasteiger partial charge is 0.188 e. The maximum absolute atomic E-state index is 6.02. The molecule has 0 spiro atoms. The topological polar surface area (TPSA) is 53.6 Å². The van der Waals surface area contributed by atoms with Crippen molar-refractivity contribution in [1.29, 1.82) is 0 Å². The lowest BCUT2D eigenvalue weighted by molar-refractivity contribution is 0.273. The molecule has 1 aliphatic heterocycles. The van der Waals surface area contributed by atoms with E-state index in [4.69, 9.17) is 5.73 Å². The minimum absolute atomic E-state index is 0. The summed E-state index contributed by atoms with van der Waals surface area (Å²) < 4.78 is 0. The van der Waals surface area contributed by atoms with Gasteiger partial charge in [0.05, 0.1) is 6.54 Å². The molecule has 1 unspecified atom stereocenters. The van der Waals surface area contributed by atoms with Crippen molar-refractivity contribution in [3.05, 3.63) is 34.4 Å². The van der Waals surface area contributed by atoms with Crippen LogP contribution in [0.5, 0.6) is 0 Å². The van der Waals surface area contributed by atoms with Crippen molar-refractivity contribution in [1.82, 2.24) is 10.2 Å². The van der Waals surface area contributed by atoms with Crippen molar-refractivity contribution in [3.63, 3.8) is 0 Å². The quantitative estimate of drug-likeness (QED) is 0.403. The molecule has 3 N–H and O–H groups in total. The highest BCUT2D eigenvalue weighted by atomic mass is 127. The van der Waals surface area contributed by atoms with Gasteiger partial charge in [0.2, 0.25) is 0 Å². The van der Waals surface area contributed by atoms with Crippen LogP contribution < -0.4 is 11.1 Å². The minimum atomic E-state index is 0. The molecule has 1 aromatic rings. The number of likely N-dealkylation sites (tertiary alicyclic amines) is 1. The Morgan fingerprint density at radius 2 is 1.96 bits per heavy atom. The number of rotatable bonds is 6. The second kappa shape index (κ2) is 10.2. The summed E-state index contributed by atoms with van der Waals surface area (Å²) in [6, 6.07) is 5.07. The summed E-state index contributed by atoms with van der Waals surface area (Å²) in [4.78, 5) is 7.03. The number of benzene rings is 1. The highest BCUT2D eigenvalue weighted by molar-refractivity contribution is 14.0. The molecule has 1 saturated heterocycles. The fraction of sp³-hybridized carbons (Fsp3) is 0.632. The molecule has 24 heavy (non-hydrogen) atoms. The lowest BCUT2D eigenvalue weighted by Gasteiger charge is -2.21. The van der Waals surface area contributed by atoms with Crippen LogP contribution in [0.3, 0.4) is 0 Å². The summed E-state index contributed by atoms with van der Waals surface area (Å²) >= 11 is 0. The van der Waals surface area contributed by atoms with Crippen LogP contribution in [0.4, 0.5) is 0 Å². The highest BCUT2D eigenvalue weighted by Crippen LogP contribution is 2.17. The Kier molecular flexibility index (Phi) is 9.05. The number of aryl methyl sites for hydroxylation is 3. The van der Waals surface area contributed by atoms with E-state index in [1.54, 1.807) is 0 Å². The van der Waals surface area contributed by atoms with Gasteiger partial charge in [-0.3, -0.25) is 9.89 Å². The van der Waals surface area contributed by atoms with Crippen molar-refractivity contribution >= 4 is 29.9 Å². The first-order valence-electron chi connectivity index (χ1n) is 8.85. The minimum Gasteiger partial charge on any atom is -0.370 e. The first-order valence-corrected chi connectivity index (χ1v) is 8.85. The van der Waals surface area contributed by atoms with Crippen LogP contribution in [-0.2, 0) is 6.42 Å². The Labute approximate surface area is 164 Å². The maximum Gasteiger partial charge on any atom is 0.188 e. The predicted molar refractivity (Wildman–Crippen MR) is 115 cm³/mol. The third-order valence-electron chi connectivity index (χ3n) is 4.90. The largest absolute Gasteiger partial charge is 0.370 e. The Hall–Kier alpha value is -0.820. The van der Waals surface area contributed by atoms with Crippen molar-refractivity contribution < 1.29 is 0 Å². The number of hydrogen-bond acceptors (Lipinski definition) is 2. The number of guanidine groups is 1. The summed E-state index contributed by atoms with van der Waals surface area (Å²) in [6.45, 7) is 12.7. The van der Waals surface area contributed by atoms with E-state index >= 15 is 0 Å². The van der Waals surface area contributed by atoms with Gasteiger partial charge in [-0.15, -0.1) is 24.0 Å². The first-order chi connectivity index (χ1) is 11.0. The summed E-state index contributed by atoms with van der Waals surface area (Å²) in [5, 5.41) is 3.27. The summed E-state index contributed by atoms with van der Waals surface area (Å²) in [5.41, 5.74) is 11.5. The molecule has 1 fully saturated rings. The van der Waals surface area contributed by atoms with E-state index in [0.717, 1.165) is 26.1 Å². The number of hydrogen-bond donors (Lipinski definition) is 2. The zero-order valence-corrected chi connectivity index (χ0v) is 17.9. The standard InChI is InChI=1S/C19H32N4.HI/c1-5-23-10-6-7-17(23)13-22-19(20)21-9-8-18-15(3)11-14(2)12-16(18)4;/h11-12,17H,5-10,13H2,1-4H3,(H3,20,21,22);1H. The average molecular weight is 444 g/mol. The Morgan fingerprint density at radius 1 is 1.29 bits per heavy atom. The monoisotopic (exact) mass is 444 g/mol. The molecule has 0 radical (unpaired) electrons. The number of likely N-dealkylation sites (N-methyl/N-ethyl adjacent to an activating group) is 1. The van der Waals surface area contributed by atoms with E-state index in [9.17, 15) is 0 Å². The van der Waals surface area contributed by atoms with Gasteiger partial charge in [0, 0.05) is 12.6 Å². The maximum atomic E-state index is 6.02. The van der Waals surface area contributed by atoms with Crippen LogP contribution in [0.2, 0.25) is 0 Å². The van der Waals surface area contributed by atoms with Crippen LogP contribution >= 0.6 is 24.0 Å². The fourth-order valence-electron chi connectivity index (χ4n) is 3.70. The third-order valence-corrected chi connectivity index (χ3v) is 4.90. The first kappa shape index (κ1) is 21.2. The van der Waals surface area contributed by atoms with Crippen molar-refractivity contribution in [2.24, 2.45) is 10.7 Å². The Bertz CT molecular complexity index is 533. The number of nitrogens with two attached hydrogens (primary N) is 1. The molecule has 5 heteroatoms. The Morgan fingerprint density at radius 3 is 2.58 bits per heavy atom. The zero-order chi connectivity index (χ0) is 16.8. The highest BCUT2D eigenvalue weighted by Gasteiger charge is 2.22. The molecule has 1 aromatic carbocycles. The molecule has 136 valence electrons. The Balaban J connectivity index is 0.00000288. The molecule has 0 aliphatic carbocycles. The lowest BCUT2D eigenvalue weighted by atomic mass is 9.97. The lowest BCUT2D eigenvalue weighted by Crippen LogP contribution is -2.36. The fourth-order valence-corrected chi connectivity index (χ4v) is 3.70. The van der Waals surface area contributed by atoms with Crippen molar-refractivity contribution in [3.8, 4) is 0 Å². The van der Waals surface area contributed by atoms with Gasteiger partial charge in [-0.25, -0.2) is 0 Å². The molecular formula is C19H33IN4. The van der Waals surface area contributed by atoms with E-state index < -0.39 is 0 Å². The summed E-state index contributed by atoms with van der Waals surface area (Å²) in [5.74, 6) is 0.579. The van der Waals surface area contributed by atoms with E-state index in [2.05, 4.69) is 55.0 Å². The summed E-state index contributed by atoms with van der Waals surface area (Å²) in [6.07, 6.45) is 3.51. The molecule has 2 rings (SSSR count). The molecule has 4 nitrogen and oxygen atoms in total. The molecule has 0 saturated carbocycles. The SMILES string of the molecule is CCN1CCCC1CN=C(N)NCCc1c(C)cc(C)cc1C.I. The van der Waals surface area contributed by atoms with E-state index in [1.165, 1.54) is 41.6 Å². The molecule has 1 atom stereocenters. The van der Waals surface area contributed by atoms with Gasteiger partial charge in [0.1, 0.15) is 0 Å². The van der Waals surface area contributed by atoms with Gasteiger partial charge in [0.15, 0.2) is 5.96 Å². The van der Waals surface area contributed by atoms with E-state index in [1.807, 2.05) is 0 Å².